The van der Waals surface area contributed by atoms with Crippen LogP contribution in [0, 0.1) is 18.3 Å². The molecule has 4 nitrogen and oxygen atoms in total. The maximum absolute atomic E-state index is 9.09. The van der Waals surface area contributed by atoms with E-state index < -0.39 is 0 Å². The number of hydrogen-bond donors (Lipinski definition) is 1. The van der Waals surface area contributed by atoms with Crippen LogP contribution >= 0.6 is 11.8 Å². The van der Waals surface area contributed by atoms with Crippen molar-refractivity contribution >= 4 is 17.6 Å². The van der Waals surface area contributed by atoms with Gasteiger partial charge < -0.3 is 5.32 Å². The summed E-state index contributed by atoms with van der Waals surface area (Å²) in [6.45, 7) is 1.87. The van der Waals surface area contributed by atoms with E-state index in [1.807, 2.05) is 25.7 Å². The van der Waals surface area contributed by atoms with Crippen LogP contribution in [0.5, 0.6) is 0 Å². The summed E-state index contributed by atoms with van der Waals surface area (Å²) in [5.74, 6) is 3.25. The summed E-state index contributed by atoms with van der Waals surface area (Å²) in [5.41, 5.74) is 1.48. The molecule has 1 aromatic heterocycles. The standard InChI is InChI=1S/C11H16N4S/c1-8-10(6-12)11(15(2)14-8)13-9-4-3-5-16-7-9/h9,13H,3-5,7H2,1-2H3. The van der Waals surface area contributed by atoms with Crippen LogP contribution in [0.15, 0.2) is 0 Å². The zero-order valence-electron chi connectivity index (χ0n) is 9.66. The Balaban J connectivity index is 2.17. The van der Waals surface area contributed by atoms with Crippen LogP contribution in [-0.2, 0) is 7.05 Å². The highest BCUT2D eigenvalue weighted by Crippen LogP contribution is 2.23. The number of thioether (sulfide) groups is 1. The van der Waals surface area contributed by atoms with Crippen LogP contribution in [0.25, 0.3) is 0 Å². The summed E-state index contributed by atoms with van der Waals surface area (Å²) in [6.07, 6.45) is 2.43. The summed E-state index contributed by atoms with van der Waals surface area (Å²) in [7, 11) is 1.88. The Morgan fingerprint density at radius 3 is 3.06 bits per heavy atom. The Bertz CT molecular complexity index is 412. The lowest BCUT2D eigenvalue weighted by Crippen LogP contribution is -2.27. The number of nitrogens with zero attached hydrogens (tertiary/aromatic N) is 3. The lowest BCUT2D eigenvalue weighted by atomic mass is 10.1. The van der Waals surface area contributed by atoms with Crippen molar-refractivity contribution < 1.29 is 0 Å². The normalized spacial score (nSPS) is 20.4. The minimum Gasteiger partial charge on any atom is -0.366 e. The summed E-state index contributed by atoms with van der Waals surface area (Å²) in [4.78, 5) is 0. The molecule has 1 saturated heterocycles. The first-order chi connectivity index (χ1) is 7.72. The molecule has 1 N–H and O–H groups in total. The first kappa shape index (κ1) is 11.3. The van der Waals surface area contributed by atoms with Crippen molar-refractivity contribution in [1.82, 2.24) is 9.78 Å². The molecule has 0 bridgehead atoms. The van der Waals surface area contributed by atoms with E-state index >= 15 is 0 Å². The highest BCUT2D eigenvalue weighted by atomic mass is 32.2. The number of anilines is 1. The van der Waals surface area contributed by atoms with E-state index in [0.717, 1.165) is 17.3 Å². The third kappa shape index (κ3) is 2.17. The van der Waals surface area contributed by atoms with E-state index in [1.165, 1.54) is 18.6 Å². The zero-order valence-corrected chi connectivity index (χ0v) is 10.5. The molecule has 16 heavy (non-hydrogen) atoms. The molecule has 0 amide bonds. The van der Waals surface area contributed by atoms with Gasteiger partial charge in [-0.1, -0.05) is 0 Å². The van der Waals surface area contributed by atoms with Gasteiger partial charge in [-0.3, -0.25) is 4.68 Å². The van der Waals surface area contributed by atoms with Crippen LogP contribution in [-0.4, -0.2) is 27.3 Å². The first-order valence-corrected chi connectivity index (χ1v) is 6.66. The number of aromatic nitrogens is 2. The molecule has 1 aliphatic rings. The van der Waals surface area contributed by atoms with E-state index in [1.54, 1.807) is 4.68 Å². The Morgan fingerprint density at radius 2 is 2.44 bits per heavy atom. The van der Waals surface area contributed by atoms with Gasteiger partial charge in [-0.05, 0) is 25.5 Å². The molecule has 86 valence electrons. The van der Waals surface area contributed by atoms with Gasteiger partial charge in [-0.25, -0.2) is 0 Å². The van der Waals surface area contributed by atoms with Crippen LogP contribution in [0.3, 0.4) is 0 Å². The number of aryl methyl sites for hydroxylation is 2. The molecule has 0 aromatic carbocycles. The van der Waals surface area contributed by atoms with Gasteiger partial charge in [-0.15, -0.1) is 0 Å². The second-order valence-corrected chi connectivity index (χ2v) is 5.25. The van der Waals surface area contributed by atoms with Crippen molar-refractivity contribution in [3.05, 3.63) is 11.3 Å². The Hall–Kier alpha value is -1.15. The predicted molar refractivity (Wildman–Crippen MR) is 66.6 cm³/mol. The van der Waals surface area contributed by atoms with Crippen molar-refractivity contribution in [3.63, 3.8) is 0 Å². The Labute approximate surface area is 100 Å². The largest absolute Gasteiger partial charge is 0.366 e. The van der Waals surface area contributed by atoms with Gasteiger partial charge >= 0.3 is 0 Å². The quantitative estimate of drug-likeness (QED) is 0.852. The summed E-state index contributed by atoms with van der Waals surface area (Å²) in [6, 6.07) is 2.69. The van der Waals surface area contributed by atoms with Crippen molar-refractivity contribution in [1.29, 1.82) is 5.26 Å². The summed E-state index contributed by atoms with van der Waals surface area (Å²) >= 11 is 1.97. The molecule has 1 aromatic rings. The molecule has 0 aliphatic carbocycles. The fraction of sp³-hybridized carbons (Fsp3) is 0.636. The molecule has 1 atom stereocenters. The van der Waals surface area contributed by atoms with E-state index in [4.69, 9.17) is 5.26 Å². The minimum atomic E-state index is 0.473. The molecule has 5 heteroatoms. The smallest absolute Gasteiger partial charge is 0.142 e. The monoisotopic (exact) mass is 236 g/mol. The average Bonchev–Trinajstić information content (AvgIpc) is 2.55. The lowest BCUT2D eigenvalue weighted by Gasteiger charge is -2.23. The average molecular weight is 236 g/mol. The lowest BCUT2D eigenvalue weighted by molar-refractivity contribution is 0.666. The molecule has 1 aliphatic heterocycles. The minimum absolute atomic E-state index is 0.473. The number of hydrogen-bond acceptors (Lipinski definition) is 4. The predicted octanol–water partition coefficient (Wildman–Crippen LogP) is 1.91. The fourth-order valence-electron chi connectivity index (χ4n) is 2.01. The van der Waals surface area contributed by atoms with Crippen molar-refractivity contribution in [2.24, 2.45) is 7.05 Å². The number of nitrogens with one attached hydrogen (secondary N) is 1. The SMILES string of the molecule is Cc1nn(C)c(NC2CCCSC2)c1C#N. The molecule has 0 radical (unpaired) electrons. The molecule has 2 rings (SSSR count). The zero-order chi connectivity index (χ0) is 11.5. The fourth-order valence-corrected chi connectivity index (χ4v) is 3.08. The van der Waals surface area contributed by atoms with Gasteiger partial charge in [0.25, 0.3) is 0 Å². The van der Waals surface area contributed by atoms with Crippen LogP contribution in [0.1, 0.15) is 24.1 Å². The second kappa shape index (κ2) is 4.79. The molecule has 0 spiro atoms. The van der Waals surface area contributed by atoms with Gasteiger partial charge in [0.15, 0.2) is 0 Å². The Kier molecular flexibility index (Phi) is 3.39. The van der Waals surface area contributed by atoms with Crippen molar-refractivity contribution in [2.45, 2.75) is 25.8 Å². The van der Waals surface area contributed by atoms with Crippen molar-refractivity contribution in [3.8, 4) is 6.07 Å². The third-order valence-electron chi connectivity index (χ3n) is 2.84. The highest BCUT2D eigenvalue weighted by molar-refractivity contribution is 7.99. The summed E-state index contributed by atoms with van der Waals surface area (Å²) < 4.78 is 1.77. The van der Waals surface area contributed by atoms with Gasteiger partial charge in [0, 0.05) is 18.8 Å². The maximum Gasteiger partial charge on any atom is 0.142 e. The van der Waals surface area contributed by atoms with E-state index in [2.05, 4.69) is 16.5 Å². The molecule has 1 fully saturated rings. The van der Waals surface area contributed by atoms with Gasteiger partial charge in [0.1, 0.15) is 17.5 Å². The number of nitriles is 1. The maximum atomic E-state index is 9.09. The second-order valence-electron chi connectivity index (χ2n) is 4.10. The molecule has 2 heterocycles. The van der Waals surface area contributed by atoms with E-state index in [9.17, 15) is 0 Å². The topological polar surface area (TPSA) is 53.6 Å². The highest BCUT2D eigenvalue weighted by Gasteiger charge is 2.18. The third-order valence-corrected chi connectivity index (χ3v) is 4.05. The van der Waals surface area contributed by atoms with Gasteiger partial charge in [0.2, 0.25) is 0 Å². The first-order valence-electron chi connectivity index (χ1n) is 5.50. The van der Waals surface area contributed by atoms with Crippen LogP contribution in [0.4, 0.5) is 5.82 Å². The van der Waals surface area contributed by atoms with Gasteiger partial charge in [-0.2, -0.15) is 22.1 Å². The molecule has 1 unspecified atom stereocenters. The molecular formula is C11H16N4S. The Morgan fingerprint density at radius 1 is 1.62 bits per heavy atom. The molecule has 0 saturated carbocycles. The van der Waals surface area contributed by atoms with E-state index in [0.29, 0.717) is 11.6 Å². The van der Waals surface area contributed by atoms with Crippen molar-refractivity contribution in [2.75, 3.05) is 16.8 Å². The number of rotatable bonds is 2. The van der Waals surface area contributed by atoms with Crippen LogP contribution in [0.2, 0.25) is 0 Å². The van der Waals surface area contributed by atoms with E-state index in [-0.39, 0.29) is 0 Å². The van der Waals surface area contributed by atoms with Crippen LogP contribution < -0.4 is 5.32 Å². The molecular weight excluding hydrogens is 220 g/mol. The summed E-state index contributed by atoms with van der Waals surface area (Å²) in [5, 5.41) is 16.8. The van der Waals surface area contributed by atoms with Gasteiger partial charge in [0.05, 0.1) is 5.69 Å².